The molecule has 0 aliphatic carbocycles. The average Bonchev–Trinajstić information content (AvgIpc) is 2.82. The zero-order valence-electron chi connectivity index (χ0n) is 12.6. The van der Waals surface area contributed by atoms with Gasteiger partial charge >= 0.3 is 5.97 Å². The smallest absolute Gasteiger partial charge is 0.308 e. The summed E-state index contributed by atoms with van der Waals surface area (Å²) in [5.74, 6) is -0.984. The van der Waals surface area contributed by atoms with Gasteiger partial charge in [0.2, 0.25) is 0 Å². The minimum Gasteiger partial charge on any atom is -0.425 e. The normalized spacial score (nSPS) is 11.2. The predicted octanol–water partition coefficient (Wildman–Crippen LogP) is 3.90. The summed E-state index contributed by atoms with van der Waals surface area (Å²) in [7, 11) is -3.55. The third-order valence-corrected chi connectivity index (χ3v) is 7.18. The molecule has 2 aromatic rings. The predicted molar refractivity (Wildman–Crippen MR) is 101 cm³/mol. The number of ether oxygens (including phenoxy) is 1. The van der Waals surface area contributed by atoms with Gasteiger partial charge in [0.15, 0.2) is 24.3 Å². The molecule has 0 spiro atoms. The molecule has 0 fully saturated rings. The minimum absolute atomic E-state index is 0.0244. The quantitative estimate of drug-likeness (QED) is 0.473. The van der Waals surface area contributed by atoms with Crippen LogP contribution in [0.3, 0.4) is 0 Å². The number of anilines is 1. The van der Waals surface area contributed by atoms with Crippen LogP contribution in [0.1, 0.15) is 17.3 Å². The molecule has 1 heterocycles. The molecule has 0 aliphatic rings. The maximum absolute atomic E-state index is 12.5. The van der Waals surface area contributed by atoms with Crippen LogP contribution in [0.4, 0.5) is 5.13 Å². The second-order valence-corrected chi connectivity index (χ2v) is 9.96. The van der Waals surface area contributed by atoms with Gasteiger partial charge < -0.3 is 4.74 Å². The molecule has 0 saturated heterocycles. The molecule has 0 atom stereocenters. The van der Waals surface area contributed by atoms with E-state index in [4.69, 9.17) is 16.3 Å². The van der Waals surface area contributed by atoms with Gasteiger partial charge in [0.05, 0.1) is 10.0 Å². The summed E-state index contributed by atoms with van der Waals surface area (Å²) in [6.07, 6.45) is 0.994. The highest BCUT2D eigenvalue weighted by Crippen LogP contribution is 2.35. The molecule has 0 bridgehead atoms. The third-order valence-electron chi connectivity index (χ3n) is 2.62. The molecule has 1 N–H and O–H groups in total. The van der Waals surface area contributed by atoms with Crippen molar-refractivity contribution in [3.63, 3.8) is 0 Å². The third kappa shape index (κ3) is 5.00. The molecule has 25 heavy (non-hydrogen) atoms. The van der Waals surface area contributed by atoms with Gasteiger partial charge in [-0.3, -0.25) is 14.9 Å². The molecule has 0 unspecified atom stereocenters. The Morgan fingerprint density at radius 2 is 1.96 bits per heavy atom. The number of carbonyl (C=O) groups excluding carboxylic acids is 2. The van der Waals surface area contributed by atoms with E-state index in [2.05, 4.69) is 42.2 Å². The van der Waals surface area contributed by atoms with Crippen molar-refractivity contribution in [2.45, 2.75) is 11.1 Å². The van der Waals surface area contributed by atoms with E-state index < -0.39 is 21.7 Å². The summed E-state index contributed by atoms with van der Waals surface area (Å²) in [5, 5.41) is 2.28. The largest absolute Gasteiger partial charge is 0.425 e. The Bertz CT molecular complexity index is 975. The van der Waals surface area contributed by atoms with Gasteiger partial charge in [-0.2, -0.15) is 0 Å². The Balaban J connectivity index is 2.36. The van der Waals surface area contributed by atoms with Crippen molar-refractivity contribution in [2.75, 3.05) is 11.6 Å². The lowest BCUT2D eigenvalue weighted by molar-refractivity contribution is -0.131. The first-order valence-electron chi connectivity index (χ1n) is 6.34. The van der Waals surface area contributed by atoms with Gasteiger partial charge in [-0.1, -0.05) is 38.9 Å². The highest BCUT2D eigenvalue weighted by Gasteiger charge is 2.22. The van der Waals surface area contributed by atoms with Gasteiger partial charge in [-0.05, 0) is 28.1 Å². The number of hydrogen-bond acceptors (Lipinski definition) is 7. The van der Waals surface area contributed by atoms with Gasteiger partial charge in [-0.15, -0.1) is 0 Å². The summed E-state index contributed by atoms with van der Waals surface area (Å²) < 4.78 is 28.8. The van der Waals surface area contributed by atoms with Crippen LogP contribution >= 0.6 is 54.8 Å². The lowest BCUT2D eigenvalue weighted by Gasteiger charge is -2.10. The summed E-state index contributed by atoms with van der Waals surface area (Å²) in [6, 6.07) is 3.02. The number of esters is 1. The van der Waals surface area contributed by atoms with Crippen LogP contribution in [0.5, 0.6) is 5.75 Å². The lowest BCUT2D eigenvalue weighted by atomic mass is 10.2. The first kappa shape index (κ1) is 20.3. The second-order valence-electron chi connectivity index (χ2n) is 4.68. The first-order chi connectivity index (χ1) is 11.5. The highest BCUT2D eigenvalue weighted by atomic mass is 79.9. The molecule has 2 rings (SSSR count). The fourth-order valence-electron chi connectivity index (χ4n) is 1.69. The van der Waals surface area contributed by atoms with Crippen LogP contribution < -0.4 is 10.1 Å². The lowest BCUT2D eigenvalue weighted by Crippen LogP contribution is -2.13. The van der Waals surface area contributed by atoms with Crippen LogP contribution in [0.15, 0.2) is 25.3 Å². The van der Waals surface area contributed by atoms with Crippen LogP contribution in [0.2, 0.25) is 5.15 Å². The second kappa shape index (κ2) is 7.70. The van der Waals surface area contributed by atoms with Crippen LogP contribution in [0.25, 0.3) is 0 Å². The number of aromatic nitrogens is 1. The zero-order chi connectivity index (χ0) is 18.9. The van der Waals surface area contributed by atoms with Crippen molar-refractivity contribution in [2.24, 2.45) is 0 Å². The molecular weight excluding hydrogens is 524 g/mol. The molecule has 0 saturated carbocycles. The Morgan fingerprint density at radius 1 is 1.32 bits per heavy atom. The van der Waals surface area contributed by atoms with Crippen LogP contribution in [-0.2, 0) is 14.6 Å². The van der Waals surface area contributed by atoms with Crippen molar-refractivity contribution in [1.82, 2.24) is 4.98 Å². The van der Waals surface area contributed by atoms with Gasteiger partial charge in [0.1, 0.15) is 5.75 Å². The number of carbonyl (C=O) groups is 2. The number of hydrogen-bond donors (Lipinski definition) is 1. The molecule has 134 valence electrons. The van der Waals surface area contributed by atoms with Crippen molar-refractivity contribution in [1.29, 1.82) is 0 Å². The average molecular weight is 533 g/mol. The summed E-state index contributed by atoms with van der Waals surface area (Å²) in [4.78, 5) is 27.4. The van der Waals surface area contributed by atoms with Crippen molar-refractivity contribution in [3.8, 4) is 5.75 Å². The van der Waals surface area contributed by atoms with E-state index in [1.54, 1.807) is 0 Å². The number of sulfone groups is 1. The summed E-state index contributed by atoms with van der Waals surface area (Å²) in [6.45, 7) is 1.23. The Hall–Kier alpha value is -1.01. The van der Waals surface area contributed by atoms with Crippen molar-refractivity contribution < 1.29 is 22.7 Å². The number of thiazole rings is 1. The van der Waals surface area contributed by atoms with E-state index >= 15 is 0 Å². The fraction of sp³-hybridized carbons (Fsp3) is 0.154. The standard InChI is InChI=1S/C13H9Br2ClN2O5S2/c1-5(19)23-8-4-6(14)3-7(9(8)15)11(20)18-13-17-10(16)12(24-13)25(2,21)22/h3-4H,1-2H3,(H,17,18,20). The summed E-state index contributed by atoms with van der Waals surface area (Å²) in [5.41, 5.74) is 0.151. The zero-order valence-corrected chi connectivity index (χ0v) is 18.2. The first-order valence-corrected chi connectivity index (χ1v) is 11.0. The summed E-state index contributed by atoms with van der Waals surface area (Å²) >= 11 is 13.0. The van der Waals surface area contributed by atoms with E-state index in [9.17, 15) is 18.0 Å². The van der Waals surface area contributed by atoms with E-state index in [-0.39, 0.29) is 30.3 Å². The van der Waals surface area contributed by atoms with E-state index in [0.29, 0.717) is 4.47 Å². The Kier molecular flexibility index (Phi) is 6.26. The highest BCUT2D eigenvalue weighted by molar-refractivity contribution is 9.11. The SMILES string of the molecule is CC(=O)Oc1cc(Br)cc(C(=O)Nc2nc(Cl)c(S(C)(=O)=O)s2)c1Br. The molecule has 12 heteroatoms. The van der Waals surface area contributed by atoms with Gasteiger partial charge in [0, 0.05) is 17.7 Å². The molecule has 1 aromatic carbocycles. The van der Waals surface area contributed by atoms with Crippen molar-refractivity contribution >= 4 is 81.6 Å². The minimum atomic E-state index is -3.55. The van der Waals surface area contributed by atoms with Crippen LogP contribution in [-0.4, -0.2) is 31.5 Å². The van der Waals surface area contributed by atoms with E-state index in [1.165, 1.54) is 19.1 Å². The number of halogens is 3. The van der Waals surface area contributed by atoms with Gasteiger partial charge in [-0.25, -0.2) is 13.4 Å². The monoisotopic (exact) mass is 530 g/mol. The number of nitrogens with one attached hydrogen (secondary N) is 1. The number of benzene rings is 1. The topological polar surface area (TPSA) is 102 Å². The number of rotatable bonds is 4. The molecule has 7 nitrogen and oxygen atoms in total. The van der Waals surface area contributed by atoms with E-state index in [1.807, 2.05) is 0 Å². The van der Waals surface area contributed by atoms with Crippen LogP contribution in [0, 0.1) is 0 Å². The van der Waals surface area contributed by atoms with Crippen molar-refractivity contribution in [3.05, 3.63) is 31.8 Å². The molecule has 0 aliphatic heterocycles. The maximum atomic E-state index is 12.5. The molecular formula is C13H9Br2ClN2O5S2. The maximum Gasteiger partial charge on any atom is 0.308 e. The number of amides is 1. The molecule has 1 aromatic heterocycles. The molecule has 0 radical (unpaired) electrons. The number of nitrogens with zero attached hydrogens (tertiary/aromatic N) is 1. The molecule has 1 amide bonds. The van der Waals surface area contributed by atoms with Gasteiger partial charge in [0.25, 0.3) is 5.91 Å². The van der Waals surface area contributed by atoms with E-state index in [0.717, 1.165) is 17.6 Å². The Morgan fingerprint density at radius 3 is 2.48 bits per heavy atom. The Labute approximate surface area is 168 Å². The fourth-order valence-corrected chi connectivity index (χ4v) is 5.07.